The minimum Gasteiger partial charge on any atom is -0.478 e. The Morgan fingerprint density at radius 2 is 2.12 bits per heavy atom. The molecule has 0 saturated carbocycles. The lowest BCUT2D eigenvalue weighted by atomic mass is 10.1. The van der Waals surface area contributed by atoms with Crippen LogP contribution in [0.3, 0.4) is 0 Å². The molecule has 0 bridgehead atoms. The van der Waals surface area contributed by atoms with Gasteiger partial charge in [0.25, 0.3) is 0 Å². The zero-order chi connectivity index (χ0) is 12.4. The molecular formula is C12H10N2O3. The molecule has 2 N–H and O–H groups in total. The van der Waals surface area contributed by atoms with Crippen LogP contribution in [0.15, 0.2) is 30.5 Å². The maximum absolute atomic E-state index is 11.0. The van der Waals surface area contributed by atoms with Crippen molar-refractivity contribution in [2.45, 2.75) is 6.92 Å². The number of amides is 1. The van der Waals surface area contributed by atoms with E-state index in [1.807, 2.05) is 0 Å². The van der Waals surface area contributed by atoms with Crippen molar-refractivity contribution in [3.8, 4) is 0 Å². The van der Waals surface area contributed by atoms with Gasteiger partial charge in [0.05, 0.1) is 16.8 Å². The van der Waals surface area contributed by atoms with Crippen LogP contribution in [0, 0.1) is 0 Å². The van der Waals surface area contributed by atoms with Gasteiger partial charge in [0.1, 0.15) is 0 Å². The van der Waals surface area contributed by atoms with Crippen LogP contribution in [-0.4, -0.2) is 22.0 Å². The molecule has 0 aliphatic rings. The van der Waals surface area contributed by atoms with E-state index in [0.717, 1.165) is 0 Å². The number of rotatable bonds is 2. The van der Waals surface area contributed by atoms with E-state index < -0.39 is 5.97 Å². The second-order valence-corrected chi connectivity index (χ2v) is 3.59. The third-order valence-corrected chi connectivity index (χ3v) is 2.27. The molecule has 1 aromatic carbocycles. The van der Waals surface area contributed by atoms with Gasteiger partial charge in [0, 0.05) is 18.5 Å². The Bertz CT molecular complexity index is 608. The van der Waals surface area contributed by atoms with Crippen molar-refractivity contribution in [2.75, 3.05) is 5.32 Å². The highest BCUT2D eigenvalue weighted by Gasteiger charge is 2.07. The lowest BCUT2D eigenvalue weighted by molar-refractivity contribution is -0.114. The summed E-state index contributed by atoms with van der Waals surface area (Å²) >= 11 is 0. The van der Waals surface area contributed by atoms with Gasteiger partial charge < -0.3 is 10.4 Å². The number of carbonyl (C=O) groups excluding carboxylic acids is 1. The van der Waals surface area contributed by atoms with Crippen molar-refractivity contribution in [1.29, 1.82) is 0 Å². The molecular weight excluding hydrogens is 220 g/mol. The van der Waals surface area contributed by atoms with Crippen LogP contribution in [0.4, 0.5) is 5.69 Å². The number of aromatic carboxylic acids is 1. The molecule has 2 aromatic rings. The van der Waals surface area contributed by atoms with Crippen LogP contribution in [-0.2, 0) is 4.79 Å². The van der Waals surface area contributed by atoms with Gasteiger partial charge in [0.15, 0.2) is 0 Å². The minimum absolute atomic E-state index is 0.123. The quantitative estimate of drug-likeness (QED) is 0.825. The summed E-state index contributed by atoms with van der Waals surface area (Å²) < 4.78 is 0. The standard InChI is InChI=1S/C12H10N2O3/c1-7(15)14-10-4-2-3-8-5-9(12(16)17)6-13-11(8)10/h2-6H,1H3,(H,14,15)(H,16,17). The minimum atomic E-state index is -1.02. The van der Waals surface area contributed by atoms with Gasteiger partial charge in [-0.05, 0) is 12.1 Å². The van der Waals surface area contributed by atoms with Crippen molar-refractivity contribution in [1.82, 2.24) is 4.98 Å². The van der Waals surface area contributed by atoms with E-state index in [1.165, 1.54) is 19.2 Å². The number of benzene rings is 1. The normalized spacial score (nSPS) is 10.2. The SMILES string of the molecule is CC(=O)Nc1cccc2cc(C(=O)O)cnc12. The molecule has 0 aliphatic heterocycles. The Morgan fingerprint density at radius 3 is 2.76 bits per heavy atom. The Hall–Kier alpha value is -2.43. The summed E-state index contributed by atoms with van der Waals surface area (Å²) in [6.07, 6.45) is 1.27. The fourth-order valence-corrected chi connectivity index (χ4v) is 1.57. The Morgan fingerprint density at radius 1 is 1.35 bits per heavy atom. The van der Waals surface area contributed by atoms with Crippen molar-refractivity contribution in [2.24, 2.45) is 0 Å². The zero-order valence-corrected chi connectivity index (χ0v) is 9.10. The molecule has 0 fully saturated rings. The van der Waals surface area contributed by atoms with E-state index in [-0.39, 0.29) is 11.5 Å². The molecule has 5 heteroatoms. The van der Waals surface area contributed by atoms with Gasteiger partial charge >= 0.3 is 5.97 Å². The molecule has 5 nitrogen and oxygen atoms in total. The number of nitrogens with zero attached hydrogens (tertiary/aromatic N) is 1. The number of carboxylic acids is 1. The first-order chi connectivity index (χ1) is 8.08. The van der Waals surface area contributed by atoms with Crippen molar-refractivity contribution < 1.29 is 14.7 Å². The van der Waals surface area contributed by atoms with E-state index in [0.29, 0.717) is 16.6 Å². The maximum atomic E-state index is 11.0. The van der Waals surface area contributed by atoms with E-state index in [1.54, 1.807) is 18.2 Å². The Labute approximate surface area is 97.1 Å². The first kappa shape index (κ1) is 11.1. The van der Waals surface area contributed by atoms with Crippen LogP contribution in [0.2, 0.25) is 0 Å². The molecule has 1 amide bonds. The fourth-order valence-electron chi connectivity index (χ4n) is 1.57. The van der Waals surface area contributed by atoms with Crippen LogP contribution in [0.5, 0.6) is 0 Å². The molecule has 17 heavy (non-hydrogen) atoms. The first-order valence-electron chi connectivity index (χ1n) is 4.97. The lowest BCUT2D eigenvalue weighted by Gasteiger charge is -2.06. The third-order valence-electron chi connectivity index (χ3n) is 2.27. The number of anilines is 1. The van der Waals surface area contributed by atoms with Crippen molar-refractivity contribution in [3.63, 3.8) is 0 Å². The summed E-state index contributed by atoms with van der Waals surface area (Å²) in [5.74, 6) is -1.22. The topological polar surface area (TPSA) is 79.3 Å². The van der Waals surface area contributed by atoms with Crippen molar-refractivity contribution >= 4 is 28.5 Å². The molecule has 0 spiro atoms. The number of nitrogens with one attached hydrogen (secondary N) is 1. The molecule has 2 rings (SSSR count). The van der Waals surface area contributed by atoms with Gasteiger partial charge in [-0.3, -0.25) is 9.78 Å². The average Bonchev–Trinajstić information content (AvgIpc) is 2.28. The van der Waals surface area contributed by atoms with E-state index in [2.05, 4.69) is 10.3 Å². The molecule has 0 unspecified atom stereocenters. The number of carbonyl (C=O) groups is 2. The molecule has 1 aromatic heterocycles. The predicted molar refractivity (Wildman–Crippen MR) is 63.0 cm³/mol. The van der Waals surface area contributed by atoms with Crippen LogP contribution in [0.25, 0.3) is 10.9 Å². The molecule has 0 aliphatic carbocycles. The molecule has 1 heterocycles. The Kier molecular flexibility index (Phi) is 2.74. The highest BCUT2D eigenvalue weighted by molar-refractivity contribution is 6.01. The van der Waals surface area contributed by atoms with E-state index >= 15 is 0 Å². The monoisotopic (exact) mass is 230 g/mol. The molecule has 0 radical (unpaired) electrons. The molecule has 0 atom stereocenters. The second kappa shape index (κ2) is 4.21. The second-order valence-electron chi connectivity index (χ2n) is 3.59. The smallest absolute Gasteiger partial charge is 0.337 e. The predicted octanol–water partition coefficient (Wildman–Crippen LogP) is 1.89. The number of pyridine rings is 1. The highest BCUT2D eigenvalue weighted by atomic mass is 16.4. The van der Waals surface area contributed by atoms with Crippen LogP contribution < -0.4 is 5.32 Å². The summed E-state index contributed by atoms with van der Waals surface area (Å²) in [7, 11) is 0. The number of aromatic nitrogens is 1. The maximum Gasteiger partial charge on any atom is 0.337 e. The summed E-state index contributed by atoms with van der Waals surface area (Å²) in [6.45, 7) is 1.41. The number of para-hydroxylation sites is 1. The number of carboxylic acid groups (broad SMARTS) is 1. The average molecular weight is 230 g/mol. The van der Waals surface area contributed by atoms with Gasteiger partial charge in [-0.1, -0.05) is 12.1 Å². The van der Waals surface area contributed by atoms with Gasteiger partial charge in [0.2, 0.25) is 5.91 Å². The number of hydrogen-bond donors (Lipinski definition) is 2. The van der Waals surface area contributed by atoms with Crippen molar-refractivity contribution in [3.05, 3.63) is 36.0 Å². The summed E-state index contributed by atoms with van der Waals surface area (Å²) in [6, 6.07) is 6.73. The first-order valence-corrected chi connectivity index (χ1v) is 4.97. The fraction of sp³-hybridized carbons (Fsp3) is 0.0833. The zero-order valence-electron chi connectivity index (χ0n) is 9.10. The molecule has 86 valence electrons. The van der Waals surface area contributed by atoms with E-state index in [4.69, 9.17) is 5.11 Å². The number of hydrogen-bond acceptors (Lipinski definition) is 3. The summed E-state index contributed by atoms with van der Waals surface area (Å²) in [5, 5.41) is 12.2. The van der Waals surface area contributed by atoms with Gasteiger partial charge in [-0.2, -0.15) is 0 Å². The largest absolute Gasteiger partial charge is 0.478 e. The van der Waals surface area contributed by atoms with E-state index in [9.17, 15) is 9.59 Å². The van der Waals surface area contributed by atoms with Gasteiger partial charge in [-0.15, -0.1) is 0 Å². The Balaban J connectivity index is 2.58. The lowest BCUT2D eigenvalue weighted by Crippen LogP contribution is -2.07. The van der Waals surface area contributed by atoms with Gasteiger partial charge in [-0.25, -0.2) is 4.79 Å². The summed E-state index contributed by atoms with van der Waals surface area (Å²) in [4.78, 5) is 25.9. The number of fused-ring (bicyclic) bond motifs is 1. The highest BCUT2D eigenvalue weighted by Crippen LogP contribution is 2.21. The third kappa shape index (κ3) is 2.23. The summed E-state index contributed by atoms with van der Waals surface area (Å²) in [5.41, 5.74) is 1.28. The van der Waals surface area contributed by atoms with Crippen LogP contribution >= 0.6 is 0 Å². The van der Waals surface area contributed by atoms with Crippen LogP contribution in [0.1, 0.15) is 17.3 Å². The molecule has 0 saturated heterocycles.